The van der Waals surface area contributed by atoms with Gasteiger partial charge >= 0.3 is 5.97 Å². The van der Waals surface area contributed by atoms with Crippen LogP contribution in [0.1, 0.15) is 21.6 Å². The van der Waals surface area contributed by atoms with Crippen LogP contribution < -0.4 is 4.83 Å². The Balaban J connectivity index is 2.12. The van der Waals surface area contributed by atoms with Gasteiger partial charge in [-0.1, -0.05) is 17.7 Å². The number of nitrogens with one attached hydrogen (secondary N) is 1. The molecular weight excluding hydrogens is 318 g/mol. The third-order valence-corrected chi connectivity index (χ3v) is 4.38. The molecule has 0 aliphatic carbocycles. The number of hydrogen-bond acceptors (Lipinski definition) is 5. The van der Waals surface area contributed by atoms with Crippen molar-refractivity contribution >= 4 is 22.2 Å². The molecule has 8 heteroatoms. The molecule has 2 aromatic rings. The van der Waals surface area contributed by atoms with Crippen molar-refractivity contribution in [1.29, 1.82) is 0 Å². The maximum Gasteiger partial charge on any atom is 0.354 e. The summed E-state index contributed by atoms with van der Waals surface area (Å²) in [7, 11) is -0.747. The molecule has 0 aliphatic heterocycles. The lowest BCUT2D eigenvalue weighted by molar-refractivity contribution is 0.0590. The Labute approximate surface area is 134 Å². The fourth-order valence-corrected chi connectivity index (χ4v) is 2.70. The Kier molecular flexibility index (Phi) is 4.85. The highest BCUT2D eigenvalue weighted by molar-refractivity contribution is 7.89. The first-order chi connectivity index (χ1) is 10.8. The summed E-state index contributed by atoms with van der Waals surface area (Å²) < 4.78 is 30.3. The van der Waals surface area contributed by atoms with E-state index in [4.69, 9.17) is 0 Å². The van der Waals surface area contributed by atoms with Crippen LogP contribution in [-0.4, -0.2) is 32.3 Å². The zero-order chi connectivity index (χ0) is 17.0. The van der Waals surface area contributed by atoms with Crippen LogP contribution in [0.4, 0.5) is 0 Å². The maximum atomic E-state index is 12.1. The van der Waals surface area contributed by atoms with Crippen LogP contribution in [0.3, 0.4) is 0 Å². The van der Waals surface area contributed by atoms with Gasteiger partial charge in [0.05, 0.1) is 18.2 Å². The molecule has 0 aliphatic rings. The Bertz CT molecular complexity index is 836. The summed E-state index contributed by atoms with van der Waals surface area (Å²) in [5.74, 6) is -0.479. The normalized spacial score (nSPS) is 11.6. The molecule has 7 nitrogen and oxygen atoms in total. The molecule has 1 aromatic carbocycles. The first-order valence-electron chi connectivity index (χ1n) is 6.69. The van der Waals surface area contributed by atoms with Crippen molar-refractivity contribution in [3.63, 3.8) is 0 Å². The van der Waals surface area contributed by atoms with Crippen LogP contribution in [-0.2, 0) is 21.8 Å². The molecule has 1 N–H and O–H groups in total. The number of benzene rings is 1. The van der Waals surface area contributed by atoms with Gasteiger partial charge in [-0.05, 0) is 25.1 Å². The van der Waals surface area contributed by atoms with Gasteiger partial charge < -0.3 is 9.30 Å². The van der Waals surface area contributed by atoms with E-state index in [1.807, 2.05) is 6.92 Å². The van der Waals surface area contributed by atoms with Crippen LogP contribution in [0.5, 0.6) is 0 Å². The number of nitrogens with zero attached hydrogens (tertiary/aromatic N) is 2. The first-order valence-corrected chi connectivity index (χ1v) is 8.18. The molecular formula is C15H17N3O4S. The van der Waals surface area contributed by atoms with Gasteiger partial charge in [-0.25, -0.2) is 9.63 Å². The SMILES string of the molecule is COC(=O)c1cc(/C=N\NS(=O)(=O)c2ccc(C)cc2)cn1C. The molecule has 0 amide bonds. The van der Waals surface area contributed by atoms with Crippen LogP contribution in [0.15, 0.2) is 46.5 Å². The Hall–Kier alpha value is -2.61. The molecule has 2 rings (SSSR count). The minimum absolute atomic E-state index is 0.128. The maximum absolute atomic E-state index is 12.1. The van der Waals surface area contributed by atoms with Gasteiger partial charge in [0.15, 0.2) is 0 Å². The summed E-state index contributed by atoms with van der Waals surface area (Å²) in [5, 5.41) is 3.72. The second kappa shape index (κ2) is 6.66. The second-order valence-electron chi connectivity index (χ2n) is 4.93. The fraction of sp³-hybridized carbons (Fsp3) is 0.200. The lowest BCUT2D eigenvalue weighted by Gasteiger charge is -2.03. The van der Waals surface area contributed by atoms with E-state index >= 15 is 0 Å². The molecule has 1 aromatic heterocycles. The van der Waals surface area contributed by atoms with Crippen LogP contribution in [0, 0.1) is 6.92 Å². The van der Waals surface area contributed by atoms with E-state index in [9.17, 15) is 13.2 Å². The highest BCUT2D eigenvalue weighted by atomic mass is 32.2. The second-order valence-corrected chi connectivity index (χ2v) is 6.59. The van der Waals surface area contributed by atoms with Gasteiger partial charge in [-0.3, -0.25) is 0 Å². The number of aryl methyl sites for hydroxylation is 2. The molecule has 1 heterocycles. The molecule has 0 unspecified atom stereocenters. The van der Waals surface area contributed by atoms with Crippen LogP contribution in [0.25, 0.3) is 0 Å². The van der Waals surface area contributed by atoms with Gasteiger partial charge in [0.2, 0.25) is 0 Å². The van der Waals surface area contributed by atoms with Crippen molar-refractivity contribution in [2.24, 2.45) is 12.1 Å². The van der Waals surface area contributed by atoms with Gasteiger partial charge in [0, 0.05) is 18.8 Å². The molecule has 0 atom stereocenters. The number of esters is 1. The highest BCUT2D eigenvalue weighted by Gasteiger charge is 2.13. The number of rotatable bonds is 5. The molecule has 0 spiro atoms. The van der Waals surface area contributed by atoms with Crippen molar-refractivity contribution < 1.29 is 17.9 Å². The Morgan fingerprint density at radius 2 is 1.96 bits per heavy atom. The summed E-state index contributed by atoms with van der Waals surface area (Å²) in [6, 6.07) is 7.97. The summed E-state index contributed by atoms with van der Waals surface area (Å²) in [6.07, 6.45) is 2.95. The predicted octanol–water partition coefficient (Wildman–Crippen LogP) is 1.43. The number of methoxy groups -OCH3 is 1. The van der Waals surface area contributed by atoms with Crippen LogP contribution >= 0.6 is 0 Å². The summed E-state index contributed by atoms with van der Waals surface area (Å²) in [5.41, 5.74) is 1.88. The number of carbonyl (C=O) groups excluding carboxylic acids is 1. The van der Waals surface area contributed by atoms with E-state index in [1.165, 1.54) is 25.5 Å². The standard InChI is InChI=1S/C15H17N3O4S/c1-11-4-6-13(7-5-11)23(20,21)17-16-9-12-8-14(15(19)22-3)18(2)10-12/h4-10,17H,1-3H3/b16-9-. The summed E-state index contributed by atoms with van der Waals surface area (Å²) in [6.45, 7) is 1.87. The number of hydrazone groups is 1. The van der Waals surface area contributed by atoms with E-state index in [0.29, 0.717) is 11.3 Å². The molecule has 0 radical (unpaired) electrons. The molecule has 0 bridgehead atoms. The topological polar surface area (TPSA) is 89.8 Å². The number of ether oxygens (including phenoxy) is 1. The van der Waals surface area contributed by atoms with Crippen molar-refractivity contribution in [2.75, 3.05) is 7.11 Å². The van der Waals surface area contributed by atoms with E-state index in [-0.39, 0.29) is 4.90 Å². The predicted molar refractivity (Wildman–Crippen MR) is 85.8 cm³/mol. The molecule has 0 saturated carbocycles. The lowest BCUT2D eigenvalue weighted by Crippen LogP contribution is -2.18. The van der Waals surface area contributed by atoms with E-state index in [0.717, 1.165) is 5.56 Å². The monoisotopic (exact) mass is 335 g/mol. The molecule has 23 heavy (non-hydrogen) atoms. The van der Waals surface area contributed by atoms with Crippen molar-refractivity contribution in [3.8, 4) is 0 Å². The summed E-state index contributed by atoms with van der Waals surface area (Å²) in [4.78, 5) is 13.8. The molecule has 0 saturated heterocycles. The van der Waals surface area contributed by atoms with Gasteiger partial charge in [-0.15, -0.1) is 0 Å². The van der Waals surface area contributed by atoms with Crippen molar-refractivity contribution in [1.82, 2.24) is 9.40 Å². The largest absolute Gasteiger partial charge is 0.464 e. The number of carbonyl (C=O) groups is 1. The quantitative estimate of drug-likeness (QED) is 0.508. The lowest BCUT2D eigenvalue weighted by atomic mass is 10.2. The summed E-state index contributed by atoms with van der Waals surface area (Å²) >= 11 is 0. The van der Waals surface area contributed by atoms with E-state index in [2.05, 4.69) is 14.7 Å². The number of aromatic nitrogens is 1. The third-order valence-electron chi connectivity index (χ3n) is 3.14. The van der Waals surface area contributed by atoms with Gasteiger partial charge in [0.1, 0.15) is 5.69 Å². The first kappa shape index (κ1) is 16.8. The average molecular weight is 335 g/mol. The van der Waals surface area contributed by atoms with Crippen LogP contribution in [0.2, 0.25) is 0 Å². The minimum Gasteiger partial charge on any atom is -0.464 e. The zero-order valence-corrected chi connectivity index (χ0v) is 13.8. The average Bonchev–Trinajstić information content (AvgIpc) is 2.87. The van der Waals surface area contributed by atoms with Crippen molar-refractivity contribution in [3.05, 3.63) is 53.3 Å². The number of sulfonamides is 1. The fourth-order valence-electron chi connectivity index (χ4n) is 1.91. The molecule has 122 valence electrons. The Morgan fingerprint density at radius 1 is 1.30 bits per heavy atom. The highest BCUT2D eigenvalue weighted by Crippen LogP contribution is 2.10. The Morgan fingerprint density at radius 3 is 2.57 bits per heavy atom. The molecule has 0 fully saturated rings. The third kappa shape index (κ3) is 3.98. The van der Waals surface area contributed by atoms with Gasteiger partial charge in [-0.2, -0.15) is 13.5 Å². The van der Waals surface area contributed by atoms with E-state index in [1.54, 1.807) is 36.0 Å². The smallest absolute Gasteiger partial charge is 0.354 e. The van der Waals surface area contributed by atoms with Gasteiger partial charge in [0.25, 0.3) is 10.0 Å². The zero-order valence-electron chi connectivity index (χ0n) is 13.0. The minimum atomic E-state index is -3.72. The number of hydrogen-bond donors (Lipinski definition) is 1. The van der Waals surface area contributed by atoms with Crippen molar-refractivity contribution in [2.45, 2.75) is 11.8 Å². The van der Waals surface area contributed by atoms with E-state index < -0.39 is 16.0 Å².